The Morgan fingerprint density at radius 3 is 3.07 bits per heavy atom. The van der Waals surface area contributed by atoms with Crippen molar-refractivity contribution >= 4 is 5.69 Å². The summed E-state index contributed by atoms with van der Waals surface area (Å²) >= 11 is 0. The summed E-state index contributed by atoms with van der Waals surface area (Å²) in [4.78, 5) is 2.53. The molecule has 1 aromatic rings. The van der Waals surface area contributed by atoms with E-state index >= 15 is 0 Å². The highest BCUT2D eigenvalue weighted by atomic mass is 15.3. The number of nitrogens with zero attached hydrogens (tertiary/aromatic N) is 1. The SMILES string of the molecule is c1ccc2c(c1)CCN2C1CCCN1. The van der Waals surface area contributed by atoms with Crippen LogP contribution in [0.5, 0.6) is 0 Å². The Kier molecular flexibility index (Phi) is 1.95. The van der Waals surface area contributed by atoms with Gasteiger partial charge >= 0.3 is 0 Å². The maximum atomic E-state index is 3.57. The van der Waals surface area contributed by atoms with Crippen LogP contribution in [0.1, 0.15) is 18.4 Å². The summed E-state index contributed by atoms with van der Waals surface area (Å²) in [6.07, 6.45) is 4.44. The minimum atomic E-state index is 0.596. The highest BCUT2D eigenvalue weighted by molar-refractivity contribution is 5.58. The molecule has 74 valence electrons. The van der Waals surface area contributed by atoms with Gasteiger partial charge in [0, 0.05) is 12.2 Å². The van der Waals surface area contributed by atoms with Crippen molar-refractivity contribution in [1.82, 2.24) is 5.32 Å². The van der Waals surface area contributed by atoms with Crippen molar-refractivity contribution in [2.45, 2.75) is 25.4 Å². The molecule has 2 nitrogen and oxygen atoms in total. The number of para-hydroxylation sites is 1. The normalized spacial score (nSPS) is 25.4. The minimum Gasteiger partial charge on any atom is -0.355 e. The zero-order chi connectivity index (χ0) is 9.38. The molecule has 0 saturated carbocycles. The lowest BCUT2D eigenvalue weighted by Gasteiger charge is -2.26. The molecule has 2 aliphatic heterocycles. The van der Waals surface area contributed by atoms with Crippen LogP contribution in [0.2, 0.25) is 0 Å². The lowest BCUT2D eigenvalue weighted by molar-refractivity contribution is 0.572. The summed E-state index contributed by atoms with van der Waals surface area (Å²) in [6, 6.07) is 8.79. The van der Waals surface area contributed by atoms with Gasteiger partial charge in [-0.25, -0.2) is 0 Å². The van der Waals surface area contributed by atoms with Gasteiger partial charge in [0.15, 0.2) is 0 Å². The van der Waals surface area contributed by atoms with Crippen LogP contribution in [-0.2, 0) is 6.42 Å². The quantitative estimate of drug-likeness (QED) is 0.722. The van der Waals surface area contributed by atoms with E-state index in [1.165, 1.54) is 43.6 Å². The van der Waals surface area contributed by atoms with Crippen LogP contribution in [0.25, 0.3) is 0 Å². The Bertz CT molecular complexity index is 329. The number of nitrogens with one attached hydrogen (secondary N) is 1. The predicted molar refractivity (Wildman–Crippen MR) is 58.5 cm³/mol. The molecule has 1 fully saturated rings. The van der Waals surface area contributed by atoms with Crippen molar-refractivity contribution in [2.75, 3.05) is 18.0 Å². The molecular formula is C12H16N2. The van der Waals surface area contributed by atoms with Gasteiger partial charge in [-0.15, -0.1) is 0 Å². The second-order valence-electron chi connectivity index (χ2n) is 4.18. The topological polar surface area (TPSA) is 15.3 Å². The highest BCUT2D eigenvalue weighted by Gasteiger charge is 2.27. The zero-order valence-electron chi connectivity index (χ0n) is 8.37. The van der Waals surface area contributed by atoms with Crippen LogP contribution in [0.15, 0.2) is 24.3 Å². The van der Waals surface area contributed by atoms with Gasteiger partial charge in [0.05, 0.1) is 6.17 Å². The van der Waals surface area contributed by atoms with Crippen LogP contribution in [0.4, 0.5) is 5.69 Å². The molecule has 0 aromatic heterocycles. The third-order valence-corrected chi connectivity index (χ3v) is 3.33. The van der Waals surface area contributed by atoms with Crippen LogP contribution < -0.4 is 10.2 Å². The van der Waals surface area contributed by atoms with Crippen molar-refractivity contribution < 1.29 is 0 Å². The van der Waals surface area contributed by atoms with Gasteiger partial charge in [0.1, 0.15) is 0 Å². The second kappa shape index (κ2) is 3.28. The minimum absolute atomic E-state index is 0.596. The molecule has 0 aliphatic carbocycles. The van der Waals surface area contributed by atoms with Crippen LogP contribution in [0, 0.1) is 0 Å². The fraction of sp³-hybridized carbons (Fsp3) is 0.500. The molecule has 3 rings (SSSR count). The molecule has 2 heterocycles. The Morgan fingerprint density at radius 2 is 2.21 bits per heavy atom. The Labute approximate surface area is 84.9 Å². The van der Waals surface area contributed by atoms with Crippen molar-refractivity contribution in [2.24, 2.45) is 0 Å². The van der Waals surface area contributed by atoms with E-state index in [2.05, 4.69) is 34.5 Å². The fourth-order valence-electron chi connectivity index (χ4n) is 2.62. The molecule has 1 N–H and O–H groups in total. The summed E-state index contributed by atoms with van der Waals surface area (Å²) in [6.45, 7) is 2.38. The average molecular weight is 188 g/mol. The lowest BCUT2D eigenvalue weighted by Crippen LogP contribution is -2.40. The Hall–Kier alpha value is -1.02. The smallest absolute Gasteiger partial charge is 0.0796 e. The lowest BCUT2D eigenvalue weighted by atomic mass is 10.2. The van der Waals surface area contributed by atoms with Crippen molar-refractivity contribution in [3.05, 3.63) is 29.8 Å². The van der Waals surface area contributed by atoms with Gasteiger partial charge in [-0.2, -0.15) is 0 Å². The third kappa shape index (κ3) is 1.22. The number of benzene rings is 1. The molecule has 0 amide bonds. The predicted octanol–water partition coefficient (Wildman–Crippen LogP) is 1.76. The molecular weight excluding hydrogens is 172 g/mol. The van der Waals surface area contributed by atoms with Crippen molar-refractivity contribution in [3.8, 4) is 0 Å². The number of hydrogen-bond donors (Lipinski definition) is 1. The van der Waals surface area contributed by atoms with Crippen LogP contribution >= 0.6 is 0 Å². The van der Waals surface area contributed by atoms with E-state index in [-0.39, 0.29) is 0 Å². The summed E-state index contributed by atoms with van der Waals surface area (Å²) < 4.78 is 0. The van der Waals surface area contributed by atoms with Crippen molar-refractivity contribution in [1.29, 1.82) is 0 Å². The summed E-state index contributed by atoms with van der Waals surface area (Å²) in [5, 5.41) is 3.57. The number of anilines is 1. The summed E-state index contributed by atoms with van der Waals surface area (Å²) in [7, 11) is 0. The molecule has 2 aliphatic rings. The van der Waals surface area contributed by atoms with Crippen LogP contribution in [-0.4, -0.2) is 19.3 Å². The van der Waals surface area contributed by atoms with E-state index in [9.17, 15) is 0 Å². The van der Waals surface area contributed by atoms with E-state index in [0.717, 1.165) is 0 Å². The second-order valence-corrected chi connectivity index (χ2v) is 4.18. The van der Waals surface area contributed by atoms with E-state index in [4.69, 9.17) is 0 Å². The van der Waals surface area contributed by atoms with Gasteiger partial charge in [-0.05, 0) is 37.4 Å². The van der Waals surface area contributed by atoms with Crippen molar-refractivity contribution in [3.63, 3.8) is 0 Å². The van der Waals surface area contributed by atoms with Crippen LogP contribution in [0.3, 0.4) is 0 Å². The number of fused-ring (bicyclic) bond motifs is 1. The molecule has 0 bridgehead atoms. The molecule has 1 aromatic carbocycles. The van der Waals surface area contributed by atoms with Gasteiger partial charge in [-0.3, -0.25) is 5.32 Å². The Balaban J connectivity index is 1.89. The van der Waals surface area contributed by atoms with Gasteiger partial charge < -0.3 is 4.90 Å². The van der Waals surface area contributed by atoms with E-state index in [0.29, 0.717) is 6.17 Å². The van der Waals surface area contributed by atoms with Gasteiger partial charge in [0.25, 0.3) is 0 Å². The maximum absolute atomic E-state index is 3.57. The Morgan fingerprint density at radius 1 is 1.29 bits per heavy atom. The van der Waals surface area contributed by atoms with E-state index in [1.807, 2.05) is 0 Å². The van der Waals surface area contributed by atoms with Gasteiger partial charge in [0.2, 0.25) is 0 Å². The molecule has 1 unspecified atom stereocenters. The highest BCUT2D eigenvalue weighted by Crippen LogP contribution is 2.30. The first-order chi connectivity index (χ1) is 6.95. The fourth-order valence-corrected chi connectivity index (χ4v) is 2.62. The third-order valence-electron chi connectivity index (χ3n) is 3.33. The average Bonchev–Trinajstić information content (AvgIpc) is 2.85. The largest absolute Gasteiger partial charge is 0.355 e. The van der Waals surface area contributed by atoms with E-state index < -0.39 is 0 Å². The standard InChI is InChI=1S/C12H16N2/c1-2-5-11-10(4-1)7-9-14(11)12-6-3-8-13-12/h1-2,4-5,12-13H,3,6-9H2. The van der Waals surface area contributed by atoms with E-state index in [1.54, 1.807) is 0 Å². The molecule has 2 heteroatoms. The van der Waals surface area contributed by atoms with Gasteiger partial charge in [-0.1, -0.05) is 18.2 Å². The number of hydrogen-bond acceptors (Lipinski definition) is 2. The molecule has 1 atom stereocenters. The molecule has 0 radical (unpaired) electrons. The summed E-state index contributed by atoms with van der Waals surface area (Å²) in [5.41, 5.74) is 2.97. The molecule has 14 heavy (non-hydrogen) atoms. The maximum Gasteiger partial charge on any atom is 0.0796 e. The summed E-state index contributed by atoms with van der Waals surface area (Å²) in [5.74, 6) is 0. The first-order valence-corrected chi connectivity index (χ1v) is 5.53. The molecule has 1 saturated heterocycles. The first kappa shape index (κ1) is 8.30. The number of rotatable bonds is 1. The zero-order valence-corrected chi connectivity index (χ0v) is 8.37. The first-order valence-electron chi connectivity index (χ1n) is 5.53. The molecule has 0 spiro atoms. The monoisotopic (exact) mass is 188 g/mol.